The third kappa shape index (κ3) is 2.87. The maximum absolute atomic E-state index is 12.7. The molecule has 118 valence electrons. The Balaban J connectivity index is 1.94. The largest absolute Gasteiger partial charge is 0.451 e. The lowest BCUT2D eigenvalue weighted by molar-refractivity contribution is 0.0998. The molecule has 1 N–H and O–H groups in total. The number of furan rings is 1. The fourth-order valence-electron chi connectivity index (χ4n) is 2.83. The Hall–Kier alpha value is -2.55. The van der Waals surface area contributed by atoms with Crippen LogP contribution >= 0.6 is 0 Å². The van der Waals surface area contributed by atoms with Crippen LogP contribution in [0.1, 0.15) is 47.9 Å². The number of aryl methyl sites for hydroxylation is 1. The van der Waals surface area contributed by atoms with Crippen molar-refractivity contribution >= 4 is 22.6 Å². The van der Waals surface area contributed by atoms with Crippen LogP contribution in [0.2, 0.25) is 0 Å². The van der Waals surface area contributed by atoms with E-state index in [9.17, 15) is 4.79 Å². The molecule has 3 aromatic rings. The molecule has 2 aromatic carbocycles. The van der Waals surface area contributed by atoms with Crippen molar-refractivity contribution in [1.29, 1.82) is 0 Å². The summed E-state index contributed by atoms with van der Waals surface area (Å²) in [6.07, 6.45) is 1.02. The minimum absolute atomic E-state index is 0.200. The predicted octanol–water partition coefficient (Wildman–Crippen LogP) is 5.51. The van der Waals surface area contributed by atoms with Crippen molar-refractivity contribution in [2.45, 2.75) is 33.1 Å². The summed E-state index contributed by atoms with van der Waals surface area (Å²) >= 11 is 0. The molecular weight excluding hydrogens is 286 g/mol. The van der Waals surface area contributed by atoms with Crippen LogP contribution in [0.25, 0.3) is 11.0 Å². The second kappa shape index (κ2) is 6.29. The summed E-state index contributed by atoms with van der Waals surface area (Å²) in [6, 6.07) is 15.7. The quantitative estimate of drug-likeness (QED) is 0.691. The Morgan fingerprint density at radius 2 is 1.83 bits per heavy atom. The summed E-state index contributed by atoms with van der Waals surface area (Å²) in [6.45, 7) is 6.23. The van der Waals surface area contributed by atoms with Gasteiger partial charge in [0.1, 0.15) is 5.58 Å². The van der Waals surface area contributed by atoms with Crippen LogP contribution in [0.3, 0.4) is 0 Å². The van der Waals surface area contributed by atoms with Gasteiger partial charge in [-0.3, -0.25) is 4.79 Å². The number of benzene rings is 2. The topological polar surface area (TPSA) is 42.2 Å². The number of anilines is 1. The van der Waals surface area contributed by atoms with Gasteiger partial charge in [0.25, 0.3) is 5.91 Å². The molecule has 1 amide bonds. The van der Waals surface area contributed by atoms with Crippen LogP contribution in [0.4, 0.5) is 5.69 Å². The fourth-order valence-corrected chi connectivity index (χ4v) is 2.83. The van der Waals surface area contributed by atoms with Gasteiger partial charge in [-0.25, -0.2) is 0 Å². The van der Waals surface area contributed by atoms with E-state index in [-0.39, 0.29) is 5.91 Å². The first-order chi connectivity index (χ1) is 11.1. The molecule has 3 heteroatoms. The third-order valence-corrected chi connectivity index (χ3v) is 4.40. The molecule has 3 nitrogen and oxygen atoms in total. The van der Waals surface area contributed by atoms with Gasteiger partial charge in [-0.05, 0) is 37.0 Å². The number of para-hydroxylation sites is 2. The molecule has 0 spiro atoms. The highest BCUT2D eigenvalue weighted by Gasteiger charge is 2.19. The Morgan fingerprint density at radius 3 is 2.57 bits per heavy atom. The van der Waals surface area contributed by atoms with E-state index in [1.807, 2.05) is 49.4 Å². The van der Waals surface area contributed by atoms with Crippen molar-refractivity contribution in [2.24, 2.45) is 0 Å². The first kappa shape index (κ1) is 15.3. The number of carbonyl (C=O) groups excluding carboxylic acids is 1. The predicted molar refractivity (Wildman–Crippen MR) is 94.1 cm³/mol. The van der Waals surface area contributed by atoms with Gasteiger partial charge < -0.3 is 9.73 Å². The van der Waals surface area contributed by atoms with Crippen LogP contribution in [-0.2, 0) is 0 Å². The summed E-state index contributed by atoms with van der Waals surface area (Å²) in [7, 11) is 0. The van der Waals surface area contributed by atoms with Crippen molar-refractivity contribution in [2.75, 3.05) is 5.32 Å². The molecule has 1 unspecified atom stereocenters. The van der Waals surface area contributed by atoms with Gasteiger partial charge >= 0.3 is 0 Å². The zero-order valence-corrected chi connectivity index (χ0v) is 13.7. The van der Waals surface area contributed by atoms with Gasteiger partial charge in [0, 0.05) is 16.6 Å². The molecule has 0 saturated carbocycles. The van der Waals surface area contributed by atoms with Crippen LogP contribution in [0, 0.1) is 6.92 Å². The Labute approximate surface area is 136 Å². The standard InChI is InChI=1S/C20H21NO2/c1-4-13(2)15-9-5-7-11-17(15)21-20(22)19-14(3)16-10-6-8-12-18(16)23-19/h5-13H,4H2,1-3H3,(H,21,22). The monoisotopic (exact) mass is 307 g/mol. The zero-order chi connectivity index (χ0) is 16.4. The average Bonchev–Trinajstić information content (AvgIpc) is 2.92. The van der Waals surface area contributed by atoms with E-state index in [0.717, 1.165) is 34.2 Å². The average molecular weight is 307 g/mol. The molecule has 0 fully saturated rings. The van der Waals surface area contributed by atoms with E-state index >= 15 is 0 Å². The van der Waals surface area contributed by atoms with Crippen molar-refractivity contribution < 1.29 is 9.21 Å². The fraction of sp³-hybridized carbons (Fsp3) is 0.250. The SMILES string of the molecule is CCC(C)c1ccccc1NC(=O)c1oc2ccccc2c1C. The molecule has 1 atom stereocenters. The Kier molecular flexibility index (Phi) is 4.20. The normalized spacial score (nSPS) is 12.3. The third-order valence-electron chi connectivity index (χ3n) is 4.40. The molecule has 1 aromatic heterocycles. The molecule has 0 radical (unpaired) electrons. The summed E-state index contributed by atoms with van der Waals surface area (Å²) in [5.74, 6) is 0.572. The molecule has 0 aliphatic carbocycles. The van der Waals surface area contributed by atoms with Gasteiger partial charge in [0.2, 0.25) is 0 Å². The van der Waals surface area contributed by atoms with E-state index in [1.54, 1.807) is 0 Å². The number of hydrogen-bond donors (Lipinski definition) is 1. The minimum Gasteiger partial charge on any atom is -0.451 e. The van der Waals surface area contributed by atoms with E-state index in [0.29, 0.717) is 11.7 Å². The maximum atomic E-state index is 12.7. The van der Waals surface area contributed by atoms with Gasteiger partial charge in [0.05, 0.1) is 0 Å². The van der Waals surface area contributed by atoms with Crippen molar-refractivity contribution in [1.82, 2.24) is 0 Å². The molecule has 23 heavy (non-hydrogen) atoms. The Bertz CT molecular complexity index is 848. The lowest BCUT2D eigenvalue weighted by Crippen LogP contribution is -2.14. The lowest BCUT2D eigenvalue weighted by atomic mass is 9.97. The van der Waals surface area contributed by atoms with E-state index in [1.165, 1.54) is 0 Å². The molecule has 0 bridgehead atoms. The van der Waals surface area contributed by atoms with Crippen molar-refractivity contribution in [3.63, 3.8) is 0 Å². The molecule has 3 rings (SSSR count). The number of hydrogen-bond acceptors (Lipinski definition) is 2. The van der Waals surface area contributed by atoms with Crippen molar-refractivity contribution in [3.8, 4) is 0 Å². The first-order valence-corrected chi connectivity index (χ1v) is 8.00. The van der Waals surface area contributed by atoms with Crippen molar-refractivity contribution in [3.05, 3.63) is 65.4 Å². The maximum Gasteiger partial charge on any atom is 0.291 e. The van der Waals surface area contributed by atoms with Crippen LogP contribution in [0.15, 0.2) is 52.9 Å². The van der Waals surface area contributed by atoms with E-state index in [4.69, 9.17) is 4.42 Å². The van der Waals surface area contributed by atoms with Crippen LogP contribution in [0.5, 0.6) is 0 Å². The summed E-state index contributed by atoms with van der Waals surface area (Å²) in [4.78, 5) is 12.7. The highest BCUT2D eigenvalue weighted by Crippen LogP contribution is 2.29. The smallest absolute Gasteiger partial charge is 0.291 e. The number of amides is 1. The summed E-state index contributed by atoms with van der Waals surface area (Å²) < 4.78 is 5.75. The molecule has 0 saturated heterocycles. The summed E-state index contributed by atoms with van der Waals surface area (Å²) in [5.41, 5.74) is 3.62. The number of nitrogens with one attached hydrogen (secondary N) is 1. The highest BCUT2D eigenvalue weighted by molar-refractivity contribution is 6.06. The highest BCUT2D eigenvalue weighted by atomic mass is 16.3. The van der Waals surface area contributed by atoms with Gasteiger partial charge in [-0.2, -0.15) is 0 Å². The minimum atomic E-state index is -0.200. The van der Waals surface area contributed by atoms with Gasteiger partial charge in [-0.1, -0.05) is 50.2 Å². The first-order valence-electron chi connectivity index (χ1n) is 8.00. The van der Waals surface area contributed by atoms with Gasteiger partial charge in [0.15, 0.2) is 5.76 Å². The number of fused-ring (bicyclic) bond motifs is 1. The second-order valence-corrected chi connectivity index (χ2v) is 5.90. The van der Waals surface area contributed by atoms with Gasteiger partial charge in [-0.15, -0.1) is 0 Å². The lowest BCUT2D eigenvalue weighted by Gasteiger charge is -2.15. The zero-order valence-electron chi connectivity index (χ0n) is 13.7. The summed E-state index contributed by atoms with van der Waals surface area (Å²) in [5, 5.41) is 3.99. The van der Waals surface area contributed by atoms with E-state index < -0.39 is 0 Å². The molecule has 1 heterocycles. The van der Waals surface area contributed by atoms with Crippen LogP contribution in [-0.4, -0.2) is 5.91 Å². The molecule has 0 aliphatic heterocycles. The molecule has 0 aliphatic rings. The molecular formula is C20H21NO2. The number of rotatable bonds is 4. The van der Waals surface area contributed by atoms with E-state index in [2.05, 4.69) is 25.2 Å². The number of carbonyl (C=O) groups is 1. The van der Waals surface area contributed by atoms with Crippen LogP contribution < -0.4 is 5.32 Å². The Morgan fingerprint density at radius 1 is 1.13 bits per heavy atom. The second-order valence-electron chi connectivity index (χ2n) is 5.90.